The van der Waals surface area contributed by atoms with Crippen LogP contribution in [-0.4, -0.2) is 44.9 Å². The van der Waals surface area contributed by atoms with Crippen LogP contribution < -0.4 is 0 Å². The monoisotopic (exact) mass is 1760 g/mol. The highest BCUT2D eigenvalue weighted by Crippen LogP contribution is 2.56. The van der Waals surface area contributed by atoms with E-state index in [1.807, 2.05) is 91.0 Å². The summed E-state index contributed by atoms with van der Waals surface area (Å²) in [5.41, 5.74) is 23.2. The summed E-state index contributed by atoms with van der Waals surface area (Å²) >= 11 is 0. The molecule has 0 unspecified atom stereocenters. The van der Waals surface area contributed by atoms with E-state index in [0.29, 0.717) is 52.4 Å². The summed E-state index contributed by atoms with van der Waals surface area (Å²) in [6.45, 7) is 4.60. The first-order valence-corrected chi connectivity index (χ1v) is 46.7. The Morgan fingerprint density at radius 2 is 0.464 bits per heavy atom. The minimum atomic E-state index is -0.130. The van der Waals surface area contributed by atoms with Gasteiger partial charge in [-0.1, -0.05) is 366 Å². The molecule has 0 saturated heterocycles. The SMILES string of the molecule is CC1(C)c2ccccc2-c2c(-c3nc(-c4ccccc4)nc(-c4ccc5c6cccc7ccc8ccc9oc4c5c9c8c76)n3)cccc21.c1ccc(-c2ccc(-c3nc(-c4ccccc4)nc(-c4ccc5oc6ccc7ccc8cccc9c4c5c6c7c89)n3)cc2)cc1.c1ccc(-c2cccc(-c3nc(-c4ccccc4)nc(-c4ccc5oc6ccc7ccc8cccc9c4c5c6c7c89)n3)c2)cc1. The highest BCUT2D eigenvalue weighted by molar-refractivity contribution is 6.44. The molecule has 0 radical (unpaired) electrons. The van der Waals surface area contributed by atoms with Gasteiger partial charge < -0.3 is 13.3 Å². The Morgan fingerprint density at radius 3 is 0.964 bits per heavy atom. The summed E-state index contributed by atoms with van der Waals surface area (Å²) < 4.78 is 19.7. The fourth-order valence-corrected chi connectivity index (χ4v) is 22.5. The van der Waals surface area contributed by atoms with Gasteiger partial charge in [-0.25, -0.2) is 44.9 Å². The molecule has 30 aromatic rings. The van der Waals surface area contributed by atoms with Crippen molar-refractivity contribution in [1.82, 2.24) is 44.9 Å². The fraction of sp³-hybridized carbons (Fsp3) is 0.0238. The van der Waals surface area contributed by atoms with Crippen LogP contribution in [0.3, 0.4) is 0 Å². The van der Waals surface area contributed by atoms with E-state index in [0.717, 1.165) is 138 Å². The lowest BCUT2D eigenvalue weighted by Crippen LogP contribution is -2.14. The van der Waals surface area contributed by atoms with Gasteiger partial charge in [-0.3, -0.25) is 0 Å². The van der Waals surface area contributed by atoms with Crippen molar-refractivity contribution in [1.29, 1.82) is 0 Å². The highest BCUT2D eigenvalue weighted by Gasteiger charge is 2.38. The number of hydrogen-bond acceptors (Lipinski definition) is 12. The fourth-order valence-electron chi connectivity index (χ4n) is 22.5. The van der Waals surface area contributed by atoms with Gasteiger partial charge in [0.05, 0.1) is 5.56 Å². The molecule has 0 spiro atoms. The van der Waals surface area contributed by atoms with Gasteiger partial charge >= 0.3 is 0 Å². The standard InChI is InChI=1S/C44H27N3O.2C41H23N3O/c1-44(2)32-16-7-6-13-29(32)37-30(15-9-17-33(37)44)42-45-41(26-10-4-3-5-11-26)46-43(47-42)31-22-21-28-27-14-8-12-24-18-19-25-20-23-34-39(36(25)35(24)27)38(28)40(31)48-34;1-3-9-24(10-4-1)28-14-7-15-29(23-28)40-42-39(27-11-5-2-6-12-27)43-41(44-40)31-20-22-33-38-36(31)30-16-8-13-25-17-18-26-19-21-32(45-33)37(38)35(26)34(25)30;1-3-8-24(9-4-1)25-14-18-29(19-15-25)40-42-39(28-10-5-2-6-11-28)43-41(44-40)31-21-23-33-38-36(31)30-13-7-12-26-16-17-27-20-22-32(45-33)37(38)35(27)34(26)30/h3-23H,1-2H3;2*1-23H. The van der Waals surface area contributed by atoms with Crippen molar-refractivity contribution < 1.29 is 13.3 Å². The summed E-state index contributed by atoms with van der Waals surface area (Å²) in [4.78, 5) is 46.3. The third-order valence-corrected chi connectivity index (χ3v) is 28.7. The van der Waals surface area contributed by atoms with Gasteiger partial charge in [0.1, 0.15) is 33.5 Å². The normalized spacial score (nSPS) is 12.6. The Hall–Kier alpha value is -18.4. The molecule has 12 heteroatoms. The van der Waals surface area contributed by atoms with E-state index in [1.54, 1.807) is 0 Å². The maximum atomic E-state index is 6.80. The van der Waals surface area contributed by atoms with Crippen molar-refractivity contribution in [3.8, 4) is 136 Å². The number of nitrogens with zero attached hydrogens (tertiary/aromatic N) is 9. The molecule has 0 atom stereocenters. The van der Waals surface area contributed by atoms with Crippen LogP contribution in [0.5, 0.6) is 0 Å². The molecule has 0 fully saturated rings. The smallest absolute Gasteiger partial charge is 0.167 e. The van der Waals surface area contributed by atoms with Crippen LogP contribution >= 0.6 is 0 Å². The molecule has 12 nitrogen and oxygen atoms in total. The van der Waals surface area contributed by atoms with Crippen molar-refractivity contribution in [2.75, 3.05) is 0 Å². The molecule has 0 N–H and O–H groups in total. The van der Waals surface area contributed by atoms with Crippen LogP contribution in [0.4, 0.5) is 0 Å². The lowest BCUT2D eigenvalue weighted by atomic mass is 9.82. The lowest BCUT2D eigenvalue weighted by molar-refractivity contribution is 0.660. The van der Waals surface area contributed by atoms with Gasteiger partial charge in [0, 0.05) is 109 Å². The average Bonchev–Trinajstić information content (AvgIpc) is 1.50. The maximum Gasteiger partial charge on any atom is 0.167 e. The molecule has 0 aliphatic heterocycles. The Morgan fingerprint density at radius 1 is 0.167 bits per heavy atom. The van der Waals surface area contributed by atoms with Gasteiger partial charge in [0.2, 0.25) is 0 Å². The highest BCUT2D eigenvalue weighted by atomic mass is 16.3. The van der Waals surface area contributed by atoms with Crippen molar-refractivity contribution in [2.24, 2.45) is 0 Å². The minimum absolute atomic E-state index is 0.130. The number of benzene rings is 24. The zero-order valence-electron chi connectivity index (χ0n) is 74.4. The van der Waals surface area contributed by atoms with Crippen LogP contribution in [-0.2, 0) is 5.41 Å². The molecule has 138 heavy (non-hydrogen) atoms. The van der Waals surface area contributed by atoms with Crippen LogP contribution in [0.25, 0.3) is 299 Å². The van der Waals surface area contributed by atoms with Gasteiger partial charge in [-0.15, -0.1) is 0 Å². The first-order valence-electron chi connectivity index (χ1n) is 46.7. The van der Waals surface area contributed by atoms with Crippen LogP contribution in [0.1, 0.15) is 25.0 Å². The van der Waals surface area contributed by atoms with E-state index in [2.05, 4.69) is 329 Å². The zero-order chi connectivity index (χ0) is 90.7. The number of aromatic nitrogens is 9. The lowest BCUT2D eigenvalue weighted by Gasteiger charge is -2.21. The van der Waals surface area contributed by atoms with Gasteiger partial charge in [-0.2, -0.15) is 0 Å². The van der Waals surface area contributed by atoms with E-state index >= 15 is 0 Å². The molecule has 24 aromatic carbocycles. The molecule has 6 aromatic heterocycles. The molecule has 0 bridgehead atoms. The topological polar surface area (TPSA) is 155 Å². The second-order valence-corrected chi connectivity index (χ2v) is 36.7. The molecule has 0 saturated carbocycles. The van der Waals surface area contributed by atoms with E-state index < -0.39 is 0 Å². The second kappa shape index (κ2) is 29.8. The summed E-state index contributed by atoms with van der Waals surface area (Å²) in [5, 5.41) is 28.7. The minimum Gasteiger partial charge on any atom is -0.456 e. The molecule has 31 rings (SSSR count). The predicted octanol–water partition coefficient (Wildman–Crippen LogP) is 33.0. The third kappa shape index (κ3) is 11.7. The van der Waals surface area contributed by atoms with Crippen LogP contribution in [0, 0.1) is 0 Å². The number of rotatable bonds is 11. The average molecular weight is 1760 g/mol. The summed E-state index contributed by atoms with van der Waals surface area (Å²) in [6, 6.07) is 142. The second-order valence-electron chi connectivity index (χ2n) is 36.7. The molecule has 1 aliphatic carbocycles. The van der Waals surface area contributed by atoms with Gasteiger partial charge in [-0.05, 0) is 169 Å². The van der Waals surface area contributed by atoms with E-state index in [4.69, 9.17) is 58.1 Å². The van der Waals surface area contributed by atoms with Crippen LogP contribution in [0.2, 0.25) is 0 Å². The van der Waals surface area contributed by atoms with Crippen molar-refractivity contribution in [2.45, 2.75) is 19.3 Å². The van der Waals surface area contributed by atoms with Crippen molar-refractivity contribution in [3.63, 3.8) is 0 Å². The van der Waals surface area contributed by atoms with Gasteiger partial charge in [0.25, 0.3) is 0 Å². The largest absolute Gasteiger partial charge is 0.456 e. The Labute approximate surface area is 788 Å². The van der Waals surface area contributed by atoms with Crippen LogP contribution in [0.15, 0.2) is 420 Å². The van der Waals surface area contributed by atoms with E-state index in [-0.39, 0.29) is 5.41 Å². The first-order chi connectivity index (χ1) is 68.2. The summed E-state index contributed by atoms with van der Waals surface area (Å²) in [7, 11) is 0. The molecule has 640 valence electrons. The molecule has 1 aliphatic rings. The Kier molecular flexibility index (Phi) is 16.7. The van der Waals surface area contributed by atoms with Gasteiger partial charge in [0.15, 0.2) is 52.4 Å². The molecular formula is C126H73N9O3. The van der Waals surface area contributed by atoms with Crippen molar-refractivity contribution >= 4 is 163 Å². The van der Waals surface area contributed by atoms with Crippen molar-refractivity contribution in [3.05, 3.63) is 418 Å². The zero-order valence-corrected chi connectivity index (χ0v) is 74.4. The molecule has 0 amide bonds. The number of hydrogen-bond donors (Lipinski definition) is 0. The third-order valence-electron chi connectivity index (χ3n) is 28.7. The predicted molar refractivity (Wildman–Crippen MR) is 563 cm³/mol. The quantitative estimate of drug-likeness (QED) is 0.0894. The molecular weight excluding hydrogens is 1690 g/mol. The van der Waals surface area contributed by atoms with E-state index in [9.17, 15) is 0 Å². The molecule has 6 heterocycles. The Balaban J connectivity index is 0.0000000999. The number of furan rings is 3. The Bertz CT molecular complexity index is 10100. The van der Waals surface area contributed by atoms with E-state index in [1.165, 1.54) is 119 Å². The first kappa shape index (κ1) is 77.2. The maximum absolute atomic E-state index is 6.80. The summed E-state index contributed by atoms with van der Waals surface area (Å²) in [6.07, 6.45) is 0. The summed E-state index contributed by atoms with van der Waals surface area (Å²) in [5.74, 6) is 5.72. The number of fused-ring (bicyclic) bond motifs is 6.